The van der Waals surface area contributed by atoms with Crippen LogP contribution in [0.5, 0.6) is 0 Å². The summed E-state index contributed by atoms with van der Waals surface area (Å²) in [4.78, 5) is 0. The van der Waals surface area contributed by atoms with Crippen LogP contribution in [-0.4, -0.2) is 30.3 Å². The Morgan fingerprint density at radius 1 is 1.38 bits per heavy atom. The predicted molar refractivity (Wildman–Crippen MR) is 61.6 cm³/mol. The van der Waals surface area contributed by atoms with Crippen molar-refractivity contribution in [1.29, 1.82) is 0 Å². The maximum absolute atomic E-state index is 13.8. The molecule has 0 amide bonds. The van der Waals surface area contributed by atoms with Gasteiger partial charge in [0.25, 0.3) is 5.92 Å². The monoisotopic (exact) mass is 312 g/mol. The van der Waals surface area contributed by atoms with Crippen LogP contribution < -0.4 is 10.0 Å². The Bertz CT molecular complexity index is 521. The van der Waals surface area contributed by atoms with Crippen molar-refractivity contribution in [2.45, 2.75) is 30.5 Å². The van der Waals surface area contributed by atoms with Gasteiger partial charge in [-0.2, -0.15) is 17.9 Å². The molecule has 2 N–H and O–H groups in total. The number of nitrogens with zero attached hydrogens (tertiary/aromatic N) is 1. The Hall–Kier alpha value is -1.48. The van der Waals surface area contributed by atoms with E-state index in [0.717, 1.165) is 12.3 Å². The van der Waals surface area contributed by atoms with Crippen molar-refractivity contribution in [3.05, 3.63) is 34.8 Å². The van der Waals surface area contributed by atoms with Crippen LogP contribution in [0, 0.1) is 5.21 Å². The Morgan fingerprint density at radius 2 is 2.05 bits per heavy atom. The first-order chi connectivity index (χ1) is 9.61. The molecule has 1 saturated heterocycles. The summed E-state index contributed by atoms with van der Waals surface area (Å²) in [5, 5.41) is 23.2. The molecule has 1 aliphatic rings. The van der Waals surface area contributed by atoms with Crippen LogP contribution in [0.1, 0.15) is 29.6 Å². The molecule has 2 rings (SSSR count). The summed E-state index contributed by atoms with van der Waals surface area (Å²) in [5.41, 5.74) is -0.987. The van der Waals surface area contributed by atoms with E-state index in [2.05, 4.69) is 5.32 Å². The number of alkyl halides is 5. The summed E-state index contributed by atoms with van der Waals surface area (Å²) in [5.74, 6) is -4.54. The standard InChI is InChI=1S/C12H13F5N2O2/c13-11(14)1-2-18-4-9(11)7-3-8(6-19(21)5-7)10(20)12(15,16)17/h3,5-6,9-10,18,20H,1-2,4H2. The van der Waals surface area contributed by atoms with Gasteiger partial charge in [0.15, 0.2) is 18.5 Å². The SMILES string of the molecule is [O-][n+]1cc(C(O)C(F)(F)F)cc(C2CNCCC2(F)F)c1. The molecule has 0 aromatic carbocycles. The largest absolute Gasteiger partial charge is 0.619 e. The highest BCUT2D eigenvalue weighted by atomic mass is 19.4. The summed E-state index contributed by atoms with van der Waals surface area (Å²) in [7, 11) is 0. The van der Waals surface area contributed by atoms with Crippen LogP contribution in [0.3, 0.4) is 0 Å². The first-order valence-corrected chi connectivity index (χ1v) is 6.18. The molecule has 0 saturated carbocycles. The number of aliphatic hydroxyl groups excluding tert-OH is 1. The van der Waals surface area contributed by atoms with Crippen LogP contribution in [-0.2, 0) is 0 Å². The van der Waals surface area contributed by atoms with Crippen LogP contribution in [0.25, 0.3) is 0 Å². The summed E-state index contributed by atoms with van der Waals surface area (Å²) < 4.78 is 65.1. The maximum Gasteiger partial charge on any atom is 0.418 e. The molecule has 1 fully saturated rings. The number of nitrogens with one attached hydrogen (secondary N) is 1. The van der Waals surface area contributed by atoms with Crippen LogP contribution in [0.4, 0.5) is 22.0 Å². The topological polar surface area (TPSA) is 59.2 Å². The summed E-state index contributed by atoms with van der Waals surface area (Å²) >= 11 is 0. The average Bonchev–Trinajstić information content (AvgIpc) is 2.35. The van der Waals surface area contributed by atoms with E-state index in [0.29, 0.717) is 6.20 Å². The first kappa shape index (κ1) is 15.9. The number of hydrogen-bond donors (Lipinski definition) is 2. The van der Waals surface area contributed by atoms with E-state index in [-0.39, 0.29) is 23.4 Å². The Labute approximate surface area is 116 Å². The fourth-order valence-corrected chi connectivity index (χ4v) is 2.31. The third kappa shape index (κ3) is 3.41. The molecule has 0 aliphatic carbocycles. The number of hydrogen-bond acceptors (Lipinski definition) is 3. The lowest BCUT2D eigenvalue weighted by Gasteiger charge is -2.31. The molecule has 2 unspecified atom stereocenters. The second-order valence-electron chi connectivity index (χ2n) is 4.97. The van der Waals surface area contributed by atoms with Gasteiger partial charge in [0.2, 0.25) is 0 Å². The minimum absolute atomic E-state index is 0.00428. The van der Waals surface area contributed by atoms with E-state index in [1.165, 1.54) is 0 Å². The van der Waals surface area contributed by atoms with Crippen LogP contribution in [0.15, 0.2) is 18.5 Å². The van der Waals surface area contributed by atoms with Crippen molar-refractivity contribution >= 4 is 0 Å². The maximum atomic E-state index is 13.8. The van der Waals surface area contributed by atoms with E-state index in [1.54, 1.807) is 0 Å². The number of aromatic nitrogens is 1. The predicted octanol–water partition coefficient (Wildman–Crippen LogP) is 1.63. The Kier molecular flexibility index (Phi) is 4.07. The average molecular weight is 312 g/mol. The summed E-state index contributed by atoms with van der Waals surface area (Å²) in [6.45, 7) is -0.0652. The minimum atomic E-state index is -4.97. The molecule has 1 aromatic rings. The molecule has 2 heterocycles. The number of rotatable bonds is 2. The quantitative estimate of drug-likeness (QED) is 0.496. The van der Waals surface area contributed by atoms with Crippen LogP contribution >= 0.6 is 0 Å². The zero-order valence-electron chi connectivity index (χ0n) is 10.7. The van der Waals surface area contributed by atoms with Gasteiger partial charge >= 0.3 is 6.18 Å². The zero-order valence-corrected chi connectivity index (χ0v) is 10.7. The highest BCUT2D eigenvalue weighted by Gasteiger charge is 2.45. The van der Waals surface area contributed by atoms with Gasteiger partial charge < -0.3 is 15.6 Å². The number of pyridine rings is 1. The number of halogens is 5. The third-order valence-corrected chi connectivity index (χ3v) is 3.41. The van der Waals surface area contributed by atoms with Crippen molar-refractivity contribution in [3.63, 3.8) is 0 Å². The van der Waals surface area contributed by atoms with Gasteiger partial charge in [-0.1, -0.05) is 0 Å². The molecule has 2 atom stereocenters. The lowest BCUT2D eigenvalue weighted by Crippen LogP contribution is -2.44. The molecule has 21 heavy (non-hydrogen) atoms. The lowest BCUT2D eigenvalue weighted by atomic mass is 9.88. The summed E-state index contributed by atoms with van der Waals surface area (Å²) in [6, 6.07) is 0.804. The fourth-order valence-electron chi connectivity index (χ4n) is 2.31. The van der Waals surface area contributed by atoms with Crippen molar-refractivity contribution in [3.8, 4) is 0 Å². The normalized spacial score (nSPS) is 23.8. The van der Waals surface area contributed by atoms with Crippen molar-refractivity contribution < 1.29 is 31.8 Å². The molecule has 0 radical (unpaired) electrons. The van der Waals surface area contributed by atoms with E-state index in [4.69, 9.17) is 5.11 Å². The second kappa shape index (κ2) is 5.38. The third-order valence-electron chi connectivity index (χ3n) is 3.41. The lowest BCUT2D eigenvalue weighted by molar-refractivity contribution is -0.606. The minimum Gasteiger partial charge on any atom is -0.619 e. The van der Waals surface area contributed by atoms with E-state index in [1.807, 2.05) is 0 Å². The van der Waals surface area contributed by atoms with Crippen LogP contribution in [0.2, 0.25) is 0 Å². The van der Waals surface area contributed by atoms with Crippen molar-refractivity contribution in [1.82, 2.24) is 5.32 Å². The van der Waals surface area contributed by atoms with E-state index < -0.39 is 36.1 Å². The molecule has 0 bridgehead atoms. The molecule has 1 aromatic heterocycles. The first-order valence-electron chi connectivity index (χ1n) is 6.18. The van der Waals surface area contributed by atoms with Gasteiger partial charge in [0.05, 0.1) is 11.5 Å². The molecule has 0 spiro atoms. The van der Waals surface area contributed by atoms with Crippen molar-refractivity contribution in [2.75, 3.05) is 13.1 Å². The van der Waals surface area contributed by atoms with Gasteiger partial charge in [-0.25, -0.2) is 8.78 Å². The smallest absolute Gasteiger partial charge is 0.418 e. The fraction of sp³-hybridized carbons (Fsp3) is 0.583. The van der Waals surface area contributed by atoms with Gasteiger partial charge in [-0.3, -0.25) is 0 Å². The van der Waals surface area contributed by atoms with Gasteiger partial charge in [0, 0.05) is 25.1 Å². The molecule has 4 nitrogen and oxygen atoms in total. The van der Waals surface area contributed by atoms with Crippen molar-refractivity contribution in [2.24, 2.45) is 0 Å². The zero-order chi connectivity index (χ0) is 15.8. The summed E-state index contributed by atoms with van der Waals surface area (Å²) in [6.07, 6.45) is -7.00. The van der Waals surface area contributed by atoms with E-state index >= 15 is 0 Å². The van der Waals surface area contributed by atoms with E-state index in [9.17, 15) is 27.2 Å². The number of piperidine rings is 1. The van der Waals surface area contributed by atoms with Gasteiger partial charge in [-0.05, 0) is 6.07 Å². The van der Waals surface area contributed by atoms with Gasteiger partial charge in [-0.15, -0.1) is 0 Å². The van der Waals surface area contributed by atoms with Gasteiger partial charge in [0.1, 0.15) is 0 Å². The second-order valence-corrected chi connectivity index (χ2v) is 4.97. The molecule has 1 aliphatic heterocycles. The molecule has 9 heteroatoms. The molecular weight excluding hydrogens is 299 g/mol. The molecule has 118 valence electrons. The Morgan fingerprint density at radius 3 is 2.62 bits per heavy atom. The number of aliphatic hydroxyl groups is 1. The Balaban J connectivity index is 2.39. The molecular formula is C12H13F5N2O2. The highest BCUT2D eigenvalue weighted by molar-refractivity contribution is 5.25. The highest BCUT2D eigenvalue weighted by Crippen LogP contribution is 2.39.